The van der Waals surface area contributed by atoms with Gasteiger partial charge in [0.05, 0.1) is 18.6 Å². The number of piperazine rings is 1. The molecule has 0 bridgehead atoms. The van der Waals surface area contributed by atoms with Crippen molar-refractivity contribution >= 4 is 34.8 Å². The van der Waals surface area contributed by atoms with E-state index in [0.29, 0.717) is 42.8 Å². The predicted molar refractivity (Wildman–Crippen MR) is 108 cm³/mol. The number of rotatable bonds is 7. The van der Waals surface area contributed by atoms with Gasteiger partial charge in [0, 0.05) is 54.8 Å². The Bertz CT molecular complexity index is 876. The van der Waals surface area contributed by atoms with E-state index in [0.717, 1.165) is 5.56 Å². The molecule has 0 unspecified atom stereocenters. The van der Waals surface area contributed by atoms with Crippen LogP contribution in [0.2, 0.25) is 10.0 Å². The SMILES string of the molecule is COc1nn(CCC(=O)N2CCN(Cc3c(Cl)cccc3Cl)CC2)cc1[N+](=O)[O-]. The van der Waals surface area contributed by atoms with E-state index in [-0.39, 0.29) is 30.4 Å². The molecule has 1 fully saturated rings. The van der Waals surface area contributed by atoms with E-state index in [1.807, 2.05) is 18.2 Å². The summed E-state index contributed by atoms with van der Waals surface area (Å²) in [6.07, 6.45) is 1.48. The number of hydrogen-bond acceptors (Lipinski definition) is 6. The molecule has 0 aliphatic carbocycles. The van der Waals surface area contributed by atoms with Gasteiger partial charge in [-0.1, -0.05) is 29.3 Å². The third-order valence-corrected chi connectivity index (χ3v) is 5.53. The van der Waals surface area contributed by atoms with E-state index < -0.39 is 4.92 Å². The standard InChI is InChI=1S/C18H21Cl2N5O4/c1-29-18-16(25(27)28)12-24(21-18)6-5-17(26)23-9-7-22(8-10-23)11-13-14(19)3-2-4-15(13)20/h2-4,12H,5-11H2,1H3. The first-order valence-corrected chi connectivity index (χ1v) is 9.83. The van der Waals surface area contributed by atoms with Crippen molar-refractivity contribution in [1.82, 2.24) is 19.6 Å². The summed E-state index contributed by atoms with van der Waals surface area (Å²) in [5.41, 5.74) is 0.677. The van der Waals surface area contributed by atoms with Gasteiger partial charge in [0.2, 0.25) is 5.91 Å². The molecule has 1 amide bonds. The van der Waals surface area contributed by atoms with Crippen LogP contribution in [0.1, 0.15) is 12.0 Å². The fraction of sp³-hybridized carbons (Fsp3) is 0.444. The van der Waals surface area contributed by atoms with Gasteiger partial charge in [0.15, 0.2) is 0 Å². The van der Waals surface area contributed by atoms with Gasteiger partial charge in [0.1, 0.15) is 6.20 Å². The molecule has 2 heterocycles. The van der Waals surface area contributed by atoms with E-state index in [1.54, 1.807) is 4.90 Å². The molecule has 0 N–H and O–H groups in total. The zero-order chi connectivity index (χ0) is 21.0. The van der Waals surface area contributed by atoms with Crippen LogP contribution in [0.5, 0.6) is 5.88 Å². The smallest absolute Gasteiger partial charge is 0.350 e. The molecule has 3 rings (SSSR count). The van der Waals surface area contributed by atoms with Crippen LogP contribution in [-0.4, -0.2) is 63.7 Å². The number of nitrogens with zero attached hydrogens (tertiary/aromatic N) is 5. The topological polar surface area (TPSA) is 93.7 Å². The maximum Gasteiger partial charge on any atom is 0.350 e. The predicted octanol–water partition coefficient (Wildman–Crippen LogP) is 2.84. The Kier molecular flexibility index (Phi) is 6.94. The number of halogens is 2. The van der Waals surface area contributed by atoms with Gasteiger partial charge in [0.25, 0.3) is 0 Å². The third-order valence-electron chi connectivity index (χ3n) is 4.82. The molecule has 2 aromatic rings. The number of aryl methyl sites for hydroxylation is 1. The van der Waals surface area contributed by atoms with Crippen molar-refractivity contribution in [3.05, 3.63) is 50.1 Å². The maximum absolute atomic E-state index is 12.5. The number of amides is 1. The van der Waals surface area contributed by atoms with E-state index in [1.165, 1.54) is 18.0 Å². The van der Waals surface area contributed by atoms with Crippen LogP contribution in [0, 0.1) is 10.1 Å². The highest BCUT2D eigenvalue weighted by molar-refractivity contribution is 6.35. The fourth-order valence-electron chi connectivity index (χ4n) is 3.21. The molecule has 1 aliphatic rings. The molecule has 0 saturated carbocycles. The Hall–Kier alpha value is -2.36. The lowest BCUT2D eigenvalue weighted by atomic mass is 10.2. The summed E-state index contributed by atoms with van der Waals surface area (Å²) < 4.78 is 6.26. The second-order valence-electron chi connectivity index (χ2n) is 6.65. The molecule has 1 aromatic heterocycles. The molecule has 0 radical (unpaired) electrons. The van der Waals surface area contributed by atoms with E-state index in [2.05, 4.69) is 10.00 Å². The number of benzene rings is 1. The molecular formula is C18H21Cl2N5O4. The van der Waals surface area contributed by atoms with Crippen LogP contribution in [-0.2, 0) is 17.9 Å². The number of methoxy groups -OCH3 is 1. The van der Waals surface area contributed by atoms with Crippen LogP contribution in [0.25, 0.3) is 0 Å². The molecule has 156 valence electrons. The quantitative estimate of drug-likeness (QED) is 0.484. The Morgan fingerprint density at radius 2 is 1.90 bits per heavy atom. The first-order valence-electron chi connectivity index (χ1n) is 9.08. The molecule has 29 heavy (non-hydrogen) atoms. The monoisotopic (exact) mass is 441 g/mol. The lowest BCUT2D eigenvalue weighted by molar-refractivity contribution is -0.385. The summed E-state index contributed by atoms with van der Waals surface area (Å²) in [5.74, 6) is -0.0770. The van der Waals surface area contributed by atoms with E-state index >= 15 is 0 Å². The minimum atomic E-state index is -0.561. The van der Waals surface area contributed by atoms with Crippen molar-refractivity contribution in [2.45, 2.75) is 19.5 Å². The van der Waals surface area contributed by atoms with Crippen molar-refractivity contribution in [2.75, 3.05) is 33.3 Å². The molecule has 1 aliphatic heterocycles. The van der Waals surface area contributed by atoms with Crippen LogP contribution < -0.4 is 4.74 Å². The number of hydrogen-bond donors (Lipinski definition) is 0. The van der Waals surface area contributed by atoms with Crippen molar-refractivity contribution in [1.29, 1.82) is 0 Å². The summed E-state index contributed by atoms with van der Waals surface area (Å²) in [6.45, 7) is 3.52. The van der Waals surface area contributed by atoms with Crippen LogP contribution in [0.3, 0.4) is 0 Å². The summed E-state index contributed by atoms with van der Waals surface area (Å²) in [4.78, 5) is 26.9. The van der Waals surface area contributed by atoms with Gasteiger partial charge < -0.3 is 9.64 Å². The maximum atomic E-state index is 12.5. The number of carbonyl (C=O) groups excluding carboxylic acids is 1. The Balaban J connectivity index is 1.50. The van der Waals surface area contributed by atoms with Gasteiger partial charge in [-0.25, -0.2) is 0 Å². The fourth-order valence-corrected chi connectivity index (χ4v) is 3.73. The first-order chi connectivity index (χ1) is 13.9. The van der Waals surface area contributed by atoms with Gasteiger partial charge >= 0.3 is 11.6 Å². The first kappa shape index (κ1) is 21.4. The van der Waals surface area contributed by atoms with Gasteiger partial charge in [-0.05, 0) is 12.1 Å². The number of aromatic nitrogens is 2. The second kappa shape index (κ2) is 9.43. The minimum absolute atomic E-state index is 0.0162. The molecule has 0 spiro atoms. The average Bonchev–Trinajstić information content (AvgIpc) is 3.13. The Morgan fingerprint density at radius 1 is 1.24 bits per heavy atom. The van der Waals surface area contributed by atoms with E-state index in [9.17, 15) is 14.9 Å². The van der Waals surface area contributed by atoms with Crippen LogP contribution >= 0.6 is 23.2 Å². The number of nitro groups is 1. The molecule has 9 nitrogen and oxygen atoms in total. The Labute approximate surface area is 177 Å². The molecule has 11 heteroatoms. The highest BCUT2D eigenvalue weighted by Crippen LogP contribution is 2.26. The normalized spacial score (nSPS) is 14.8. The highest BCUT2D eigenvalue weighted by Gasteiger charge is 2.24. The lowest BCUT2D eigenvalue weighted by Crippen LogP contribution is -2.48. The second-order valence-corrected chi connectivity index (χ2v) is 7.47. The zero-order valence-corrected chi connectivity index (χ0v) is 17.4. The summed E-state index contributed by atoms with van der Waals surface area (Å²) >= 11 is 12.5. The third kappa shape index (κ3) is 5.17. The molecule has 1 saturated heterocycles. The Morgan fingerprint density at radius 3 is 2.45 bits per heavy atom. The largest absolute Gasteiger partial charge is 0.475 e. The molecular weight excluding hydrogens is 421 g/mol. The van der Waals surface area contributed by atoms with Gasteiger partial charge in [-0.15, -0.1) is 5.10 Å². The average molecular weight is 442 g/mol. The number of carbonyl (C=O) groups is 1. The van der Waals surface area contributed by atoms with Crippen molar-refractivity contribution in [3.8, 4) is 5.88 Å². The lowest BCUT2D eigenvalue weighted by Gasteiger charge is -2.35. The summed E-state index contributed by atoms with van der Waals surface area (Å²) in [6, 6.07) is 5.45. The highest BCUT2D eigenvalue weighted by atomic mass is 35.5. The minimum Gasteiger partial charge on any atom is -0.475 e. The number of ether oxygens (including phenoxy) is 1. The molecule has 0 atom stereocenters. The van der Waals surface area contributed by atoms with Crippen LogP contribution in [0.15, 0.2) is 24.4 Å². The summed E-state index contributed by atoms with van der Waals surface area (Å²) in [5, 5.41) is 16.2. The van der Waals surface area contributed by atoms with Gasteiger partial charge in [-0.3, -0.25) is 24.5 Å². The zero-order valence-electron chi connectivity index (χ0n) is 15.9. The van der Waals surface area contributed by atoms with Crippen molar-refractivity contribution in [3.63, 3.8) is 0 Å². The van der Waals surface area contributed by atoms with Crippen LogP contribution in [0.4, 0.5) is 5.69 Å². The van der Waals surface area contributed by atoms with Gasteiger partial charge in [-0.2, -0.15) is 0 Å². The van der Waals surface area contributed by atoms with Crippen molar-refractivity contribution in [2.24, 2.45) is 0 Å². The summed E-state index contributed by atoms with van der Waals surface area (Å²) in [7, 11) is 1.32. The van der Waals surface area contributed by atoms with E-state index in [4.69, 9.17) is 27.9 Å². The van der Waals surface area contributed by atoms with Crippen molar-refractivity contribution < 1.29 is 14.5 Å². The molecule has 1 aromatic carbocycles.